The standard InChI is InChI=1S/C43H68N4/c1-9-12-32-27-43(28-38-45(8)47(46(38)26-25-44)34-16-14-31(15-17-34)29(2)3)24-21-36-35(40(43)39(32)30(4)5)18-19-37-41(6)22-11-10-13-33(41)20-23-42(36,37)7/h12,14-17,29-30,33,35-38H,9-11,13,18-28,44H2,1-8H3/b32-12-. The van der Waals surface area contributed by atoms with Gasteiger partial charge in [-0.2, -0.15) is 10.0 Å². The summed E-state index contributed by atoms with van der Waals surface area (Å²) in [5.41, 5.74) is 15.8. The number of hydrogen-bond acceptors (Lipinski definition) is 4. The summed E-state index contributed by atoms with van der Waals surface area (Å²) >= 11 is 0. The first-order chi connectivity index (χ1) is 22.5. The fourth-order valence-corrected chi connectivity index (χ4v) is 13.3. The molecule has 2 N–H and O–H groups in total. The first-order valence-corrected chi connectivity index (χ1v) is 20.0. The highest BCUT2D eigenvalue weighted by Gasteiger charge is 2.64. The van der Waals surface area contributed by atoms with Crippen molar-refractivity contribution in [2.24, 2.45) is 51.6 Å². The molecular weight excluding hydrogens is 573 g/mol. The van der Waals surface area contributed by atoms with Crippen molar-refractivity contribution in [3.05, 3.63) is 52.6 Å². The van der Waals surface area contributed by atoms with E-state index < -0.39 is 0 Å². The van der Waals surface area contributed by atoms with Gasteiger partial charge in [0.15, 0.2) is 0 Å². The summed E-state index contributed by atoms with van der Waals surface area (Å²) in [5, 5.41) is 7.56. The van der Waals surface area contributed by atoms with Crippen LogP contribution in [0.2, 0.25) is 0 Å². The normalized spacial score (nSPS) is 40.0. The average molecular weight is 641 g/mol. The SMILES string of the molecule is CC/C=C1/CC2(CC3N(C)N(c4ccc(C(C)C)cc4)N3CCN)CCC3C(CCC4C5(C)CCCCC5CCC34C)C2=C1C(C)C. The van der Waals surface area contributed by atoms with Gasteiger partial charge < -0.3 is 5.73 Å². The van der Waals surface area contributed by atoms with Gasteiger partial charge in [0.05, 0.1) is 5.69 Å². The molecule has 47 heavy (non-hydrogen) atoms. The molecule has 1 saturated heterocycles. The number of benzene rings is 1. The second kappa shape index (κ2) is 12.6. The Morgan fingerprint density at radius 3 is 2.34 bits per heavy atom. The van der Waals surface area contributed by atoms with E-state index in [1.165, 1.54) is 88.3 Å². The quantitative estimate of drug-likeness (QED) is 0.307. The van der Waals surface area contributed by atoms with Gasteiger partial charge in [-0.05, 0) is 151 Å². The van der Waals surface area contributed by atoms with Gasteiger partial charge >= 0.3 is 0 Å². The van der Waals surface area contributed by atoms with Crippen LogP contribution in [0.25, 0.3) is 0 Å². The van der Waals surface area contributed by atoms with Crippen molar-refractivity contribution in [3.63, 3.8) is 0 Å². The predicted octanol–water partition coefficient (Wildman–Crippen LogP) is 10.5. The van der Waals surface area contributed by atoms with E-state index in [-0.39, 0.29) is 5.41 Å². The van der Waals surface area contributed by atoms with Crippen LogP contribution in [0.3, 0.4) is 0 Å². The van der Waals surface area contributed by atoms with Crippen LogP contribution in [0.4, 0.5) is 5.69 Å². The summed E-state index contributed by atoms with van der Waals surface area (Å²) in [6, 6.07) is 9.26. The highest BCUT2D eigenvalue weighted by atomic mass is 16.0. The van der Waals surface area contributed by atoms with Crippen molar-refractivity contribution in [1.29, 1.82) is 0 Å². The maximum absolute atomic E-state index is 6.33. The first kappa shape index (κ1) is 33.9. The van der Waals surface area contributed by atoms with Gasteiger partial charge in [0.1, 0.15) is 6.17 Å². The van der Waals surface area contributed by atoms with E-state index in [9.17, 15) is 0 Å². The smallest absolute Gasteiger partial charge is 0.102 e. The topological polar surface area (TPSA) is 35.7 Å². The second-order valence-corrected chi connectivity index (χ2v) is 18.2. The minimum atomic E-state index is 0.274. The van der Waals surface area contributed by atoms with Crippen LogP contribution in [-0.2, 0) is 0 Å². The number of nitrogens with zero attached hydrogens (tertiary/aromatic N) is 3. The summed E-state index contributed by atoms with van der Waals surface area (Å²) in [6.07, 6.45) is 21.2. The van der Waals surface area contributed by atoms with Crippen LogP contribution < -0.4 is 10.9 Å². The Labute approximate surface area is 288 Å². The molecule has 6 aliphatic rings. The Balaban J connectivity index is 1.23. The molecule has 0 radical (unpaired) electrons. The van der Waals surface area contributed by atoms with Gasteiger partial charge in [0, 0.05) is 20.1 Å². The molecule has 4 saturated carbocycles. The third kappa shape index (κ3) is 5.24. The van der Waals surface area contributed by atoms with E-state index in [1.54, 1.807) is 11.1 Å². The molecule has 7 rings (SSSR count). The molecule has 8 atom stereocenters. The Morgan fingerprint density at radius 1 is 0.894 bits per heavy atom. The van der Waals surface area contributed by atoms with Crippen LogP contribution in [0.5, 0.6) is 0 Å². The van der Waals surface area contributed by atoms with Crippen molar-refractivity contribution in [2.75, 3.05) is 25.3 Å². The van der Waals surface area contributed by atoms with Crippen molar-refractivity contribution in [2.45, 2.75) is 144 Å². The molecule has 0 amide bonds. The van der Waals surface area contributed by atoms with Crippen molar-refractivity contribution in [3.8, 4) is 0 Å². The minimum Gasteiger partial charge on any atom is -0.329 e. The monoisotopic (exact) mass is 641 g/mol. The number of anilines is 1. The fourth-order valence-electron chi connectivity index (χ4n) is 13.3. The minimum absolute atomic E-state index is 0.274. The largest absolute Gasteiger partial charge is 0.329 e. The van der Waals surface area contributed by atoms with Gasteiger partial charge in [-0.15, -0.1) is 0 Å². The van der Waals surface area contributed by atoms with E-state index in [1.807, 2.05) is 5.57 Å². The molecule has 5 aliphatic carbocycles. The molecule has 5 fully saturated rings. The summed E-state index contributed by atoms with van der Waals surface area (Å²) < 4.78 is 0. The number of rotatable bonds is 8. The molecule has 0 spiro atoms. The third-order valence-corrected chi connectivity index (χ3v) is 15.3. The maximum Gasteiger partial charge on any atom is 0.102 e. The lowest BCUT2D eigenvalue weighted by Gasteiger charge is -2.67. The van der Waals surface area contributed by atoms with Crippen molar-refractivity contribution in [1.82, 2.24) is 10.0 Å². The molecule has 1 aliphatic heterocycles. The average Bonchev–Trinajstić information content (AvgIpc) is 3.38. The lowest BCUT2D eigenvalue weighted by atomic mass is 9.39. The zero-order valence-electron chi connectivity index (χ0n) is 31.5. The number of hydrogen-bond donors (Lipinski definition) is 1. The fraction of sp³-hybridized carbons (Fsp3) is 0.767. The van der Waals surface area contributed by atoms with Crippen molar-refractivity contribution < 1.29 is 0 Å². The Morgan fingerprint density at radius 2 is 1.66 bits per heavy atom. The molecular formula is C43H68N4. The summed E-state index contributed by atoms with van der Waals surface area (Å²) in [5.74, 6) is 4.67. The number of hydrazine groups is 2. The van der Waals surface area contributed by atoms with Crippen LogP contribution in [0.15, 0.2) is 47.1 Å². The summed E-state index contributed by atoms with van der Waals surface area (Å²) in [7, 11) is 2.33. The molecule has 0 bridgehead atoms. The van der Waals surface area contributed by atoms with E-state index in [4.69, 9.17) is 5.73 Å². The summed E-state index contributed by atoms with van der Waals surface area (Å²) in [6.45, 7) is 19.1. The Kier molecular flexibility index (Phi) is 9.08. The van der Waals surface area contributed by atoms with Gasteiger partial charge in [-0.1, -0.05) is 85.1 Å². The predicted molar refractivity (Wildman–Crippen MR) is 199 cm³/mol. The zero-order chi connectivity index (χ0) is 33.3. The van der Waals surface area contributed by atoms with Crippen LogP contribution in [-0.4, -0.2) is 36.3 Å². The first-order valence-electron chi connectivity index (χ1n) is 20.0. The van der Waals surface area contributed by atoms with E-state index >= 15 is 0 Å². The molecule has 1 heterocycles. The Hall–Kier alpha value is -1.62. The molecule has 4 heteroatoms. The number of fused-ring (bicyclic) bond motifs is 7. The maximum atomic E-state index is 6.33. The highest BCUT2D eigenvalue weighted by molar-refractivity contribution is 5.51. The second-order valence-electron chi connectivity index (χ2n) is 18.2. The molecule has 8 unspecified atom stereocenters. The number of nitrogens with two attached hydrogens (primary N) is 1. The zero-order valence-corrected chi connectivity index (χ0v) is 31.5. The van der Waals surface area contributed by atoms with Crippen LogP contribution in [0.1, 0.15) is 143 Å². The van der Waals surface area contributed by atoms with Gasteiger partial charge in [-0.3, -0.25) is 0 Å². The van der Waals surface area contributed by atoms with Gasteiger partial charge in [0.25, 0.3) is 0 Å². The van der Waals surface area contributed by atoms with E-state index in [0.717, 1.165) is 36.6 Å². The summed E-state index contributed by atoms with van der Waals surface area (Å²) in [4.78, 5) is 0. The lowest BCUT2D eigenvalue weighted by Crippen LogP contribution is -2.75. The van der Waals surface area contributed by atoms with Crippen molar-refractivity contribution >= 4 is 5.69 Å². The highest BCUT2D eigenvalue weighted by Crippen LogP contribution is 2.72. The van der Waals surface area contributed by atoms with Crippen LogP contribution in [0, 0.1) is 45.8 Å². The lowest BCUT2D eigenvalue weighted by molar-refractivity contribution is -0.160. The Bertz CT molecular complexity index is 1360. The molecule has 4 nitrogen and oxygen atoms in total. The van der Waals surface area contributed by atoms with Crippen LogP contribution >= 0.6 is 0 Å². The third-order valence-electron chi connectivity index (χ3n) is 15.3. The van der Waals surface area contributed by atoms with Gasteiger partial charge in [0.2, 0.25) is 0 Å². The van der Waals surface area contributed by atoms with Gasteiger partial charge in [-0.25, -0.2) is 5.12 Å². The molecule has 260 valence electrons. The number of allylic oxidation sites excluding steroid dienone is 4. The molecule has 1 aromatic carbocycles. The van der Waals surface area contributed by atoms with E-state index in [0.29, 0.717) is 35.4 Å². The van der Waals surface area contributed by atoms with E-state index in [2.05, 4.69) is 101 Å². The molecule has 0 aromatic heterocycles. The molecule has 1 aromatic rings.